The van der Waals surface area contributed by atoms with Crippen molar-refractivity contribution in [3.8, 4) is 0 Å². The van der Waals surface area contributed by atoms with Gasteiger partial charge >= 0.3 is 0 Å². The van der Waals surface area contributed by atoms with Crippen LogP contribution in [0.4, 0.5) is 11.6 Å². The molecule has 0 radical (unpaired) electrons. The molecule has 2 aromatic rings. The first-order chi connectivity index (χ1) is 11.8. The highest BCUT2D eigenvalue weighted by molar-refractivity contribution is 5.94. The predicted octanol–water partition coefficient (Wildman–Crippen LogP) is 1.34. The van der Waals surface area contributed by atoms with Crippen LogP contribution in [0, 0.1) is 0 Å². The molecule has 0 bridgehead atoms. The summed E-state index contributed by atoms with van der Waals surface area (Å²) in [5.41, 5.74) is 0.594. The number of amides is 1. The van der Waals surface area contributed by atoms with Crippen LogP contribution in [-0.2, 0) is 0 Å². The van der Waals surface area contributed by atoms with Crippen molar-refractivity contribution < 1.29 is 4.79 Å². The summed E-state index contributed by atoms with van der Waals surface area (Å²) in [7, 11) is 0. The first-order valence-electron chi connectivity index (χ1n) is 8.30. The molecular formula is C17H22N6O. The number of rotatable bonds is 4. The first-order valence-corrected chi connectivity index (χ1v) is 8.30. The second kappa shape index (κ2) is 7.72. The van der Waals surface area contributed by atoms with Gasteiger partial charge in [0, 0.05) is 45.1 Å². The standard InChI is InChI=1S/C17H22N6O/c1-2-18-17(24)14-6-7-15(19-13-14)22-9-4-10-23(12-11-22)16-5-3-8-20-21-16/h3,5-8,13H,2,4,9-12H2,1H3,(H,18,24). The van der Waals surface area contributed by atoms with E-state index in [-0.39, 0.29) is 5.91 Å². The maximum Gasteiger partial charge on any atom is 0.252 e. The van der Waals surface area contributed by atoms with Crippen LogP contribution in [0.25, 0.3) is 0 Å². The molecule has 0 unspecified atom stereocenters. The molecule has 1 N–H and O–H groups in total. The van der Waals surface area contributed by atoms with Crippen LogP contribution in [0.1, 0.15) is 23.7 Å². The Morgan fingerprint density at radius 2 is 1.92 bits per heavy atom. The maximum atomic E-state index is 11.8. The van der Waals surface area contributed by atoms with Crippen LogP contribution in [0.15, 0.2) is 36.7 Å². The van der Waals surface area contributed by atoms with E-state index < -0.39 is 0 Å². The minimum atomic E-state index is -0.0822. The minimum absolute atomic E-state index is 0.0822. The van der Waals surface area contributed by atoms with E-state index in [1.54, 1.807) is 12.4 Å². The summed E-state index contributed by atoms with van der Waals surface area (Å²) < 4.78 is 0. The van der Waals surface area contributed by atoms with Gasteiger partial charge in [0.1, 0.15) is 5.82 Å². The predicted molar refractivity (Wildman–Crippen MR) is 93.3 cm³/mol. The Balaban J connectivity index is 1.65. The maximum absolute atomic E-state index is 11.8. The lowest BCUT2D eigenvalue weighted by Gasteiger charge is -2.23. The fraction of sp³-hybridized carbons (Fsp3) is 0.412. The molecule has 2 aromatic heterocycles. The largest absolute Gasteiger partial charge is 0.355 e. The number of hydrogen-bond acceptors (Lipinski definition) is 6. The third-order valence-corrected chi connectivity index (χ3v) is 4.05. The average molecular weight is 326 g/mol. The SMILES string of the molecule is CCNC(=O)c1ccc(N2CCCN(c3cccnn3)CC2)nc1. The normalized spacial score (nSPS) is 15.0. The second-order valence-corrected chi connectivity index (χ2v) is 5.67. The topological polar surface area (TPSA) is 74.2 Å². The van der Waals surface area contributed by atoms with Crippen molar-refractivity contribution in [2.45, 2.75) is 13.3 Å². The summed E-state index contributed by atoms with van der Waals surface area (Å²) >= 11 is 0. The lowest BCUT2D eigenvalue weighted by Crippen LogP contribution is -2.31. The smallest absolute Gasteiger partial charge is 0.252 e. The van der Waals surface area contributed by atoms with Gasteiger partial charge in [-0.15, -0.1) is 5.10 Å². The Bertz CT molecular complexity index is 661. The molecule has 0 aromatic carbocycles. The van der Waals surface area contributed by atoms with Crippen molar-refractivity contribution >= 4 is 17.5 Å². The zero-order valence-electron chi connectivity index (χ0n) is 13.9. The van der Waals surface area contributed by atoms with E-state index in [4.69, 9.17) is 0 Å². The van der Waals surface area contributed by atoms with Crippen LogP contribution in [0.2, 0.25) is 0 Å². The summed E-state index contributed by atoms with van der Waals surface area (Å²) in [6, 6.07) is 7.65. The highest BCUT2D eigenvalue weighted by atomic mass is 16.1. The summed E-state index contributed by atoms with van der Waals surface area (Å²) in [4.78, 5) is 20.8. The number of nitrogens with zero attached hydrogens (tertiary/aromatic N) is 5. The zero-order chi connectivity index (χ0) is 16.8. The lowest BCUT2D eigenvalue weighted by molar-refractivity contribution is 0.0955. The number of carbonyl (C=O) groups is 1. The van der Waals surface area contributed by atoms with Gasteiger partial charge in [-0.3, -0.25) is 4.79 Å². The van der Waals surface area contributed by atoms with Crippen molar-refractivity contribution in [2.75, 3.05) is 42.5 Å². The fourth-order valence-corrected chi connectivity index (χ4v) is 2.81. The molecule has 1 fully saturated rings. The van der Waals surface area contributed by atoms with Crippen molar-refractivity contribution in [1.82, 2.24) is 20.5 Å². The number of hydrogen-bond donors (Lipinski definition) is 1. The summed E-state index contributed by atoms with van der Waals surface area (Å²) in [5.74, 6) is 1.74. The van der Waals surface area contributed by atoms with E-state index in [1.807, 2.05) is 31.2 Å². The van der Waals surface area contributed by atoms with E-state index in [1.165, 1.54) is 0 Å². The highest BCUT2D eigenvalue weighted by Crippen LogP contribution is 2.17. The molecule has 0 aliphatic carbocycles. The molecule has 3 heterocycles. The fourth-order valence-electron chi connectivity index (χ4n) is 2.81. The van der Waals surface area contributed by atoms with Gasteiger partial charge in [0.15, 0.2) is 5.82 Å². The lowest BCUT2D eigenvalue weighted by atomic mass is 10.2. The summed E-state index contributed by atoms with van der Waals surface area (Å²) in [6.45, 7) is 6.14. The molecule has 1 aliphatic rings. The van der Waals surface area contributed by atoms with Gasteiger partial charge in [-0.25, -0.2) is 4.98 Å². The second-order valence-electron chi connectivity index (χ2n) is 5.67. The molecule has 0 spiro atoms. The molecule has 1 aliphatic heterocycles. The number of pyridine rings is 1. The Kier molecular flexibility index (Phi) is 5.20. The van der Waals surface area contributed by atoms with Gasteiger partial charge in [0.05, 0.1) is 5.56 Å². The van der Waals surface area contributed by atoms with Gasteiger partial charge in [0.25, 0.3) is 5.91 Å². The van der Waals surface area contributed by atoms with Gasteiger partial charge in [-0.05, 0) is 37.6 Å². The number of carbonyl (C=O) groups excluding carboxylic acids is 1. The van der Waals surface area contributed by atoms with E-state index >= 15 is 0 Å². The van der Waals surface area contributed by atoms with Crippen molar-refractivity contribution in [2.24, 2.45) is 0 Å². The summed E-state index contributed by atoms with van der Waals surface area (Å²) in [6.07, 6.45) is 4.36. The Morgan fingerprint density at radius 1 is 1.12 bits per heavy atom. The molecular weight excluding hydrogens is 304 g/mol. The van der Waals surface area contributed by atoms with E-state index in [9.17, 15) is 4.79 Å². The zero-order valence-corrected chi connectivity index (χ0v) is 13.9. The quantitative estimate of drug-likeness (QED) is 0.914. The Morgan fingerprint density at radius 3 is 2.54 bits per heavy atom. The van der Waals surface area contributed by atoms with Crippen LogP contribution in [0.3, 0.4) is 0 Å². The molecule has 7 nitrogen and oxygen atoms in total. The molecule has 0 atom stereocenters. The summed E-state index contributed by atoms with van der Waals surface area (Å²) in [5, 5.41) is 10.9. The van der Waals surface area contributed by atoms with Crippen molar-refractivity contribution in [3.05, 3.63) is 42.2 Å². The van der Waals surface area contributed by atoms with E-state index in [2.05, 4.69) is 30.3 Å². The Labute approximate surface area is 141 Å². The molecule has 1 saturated heterocycles. The molecule has 24 heavy (non-hydrogen) atoms. The van der Waals surface area contributed by atoms with Gasteiger partial charge in [-0.2, -0.15) is 5.10 Å². The minimum Gasteiger partial charge on any atom is -0.355 e. The average Bonchev–Trinajstić information content (AvgIpc) is 2.89. The van der Waals surface area contributed by atoms with Crippen LogP contribution in [0.5, 0.6) is 0 Å². The van der Waals surface area contributed by atoms with Gasteiger partial charge in [0.2, 0.25) is 0 Å². The van der Waals surface area contributed by atoms with Crippen molar-refractivity contribution in [3.63, 3.8) is 0 Å². The van der Waals surface area contributed by atoms with Crippen LogP contribution >= 0.6 is 0 Å². The third kappa shape index (κ3) is 3.79. The number of aromatic nitrogens is 3. The molecule has 7 heteroatoms. The van der Waals surface area contributed by atoms with Gasteiger partial charge in [-0.1, -0.05) is 0 Å². The van der Waals surface area contributed by atoms with Gasteiger partial charge < -0.3 is 15.1 Å². The van der Waals surface area contributed by atoms with Crippen LogP contribution in [-0.4, -0.2) is 53.8 Å². The number of nitrogens with one attached hydrogen (secondary N) is 1. The first kappa shape index (κ1) is 16.2. The highest BCUT2D eigenvalue weighted by Gasteiger charge is 2.17. The number of anilines is 2. The van der Waals surface area contributed by atoms with Crippen molar-refractivity contribution in [1.29, 1.82) is 0 Å². The van der Waals surface area contributed by atoms with Crippen LogP contribution < -0.4 is 15.1 Å². The Hall–Kier alpha value is -2.70. The monoisotopic (exact) mass is 326 g/mol. The van der Waals surface area contributed by atoms with E-state index in [0.29, 0.717) is 12.1 Å². The molecule has 126 valence electrons. The molecule has 0 saturated carbocycles. The molecule has 1 amide bonds. The molecule has 3 rings (SSSR count). The van der Waals surface area contributed by atoms with E-state index in [0.717, 1.165) is 44.2 Å². The third-order valence-electron chi connectivity index (χ3n) is 4.05.